The second-order valence-corrected chi connectivity index (χ2v) is 5.42. The van der Waals surface area contributed by atoms with Crippen molar-refractivity contribution in [2.45, 2.75) is 26.7 Å². The summed E-state index contributed by atoms with van der Waals surface area (Å²) in [7, 11) is 0. The van der Waals surface area contributed by atoms with Crippen LogP contribution in [0.3, 0.4) is 0 Å². The predicted molar refractivity (Wildman–Crippen MR) is 74.5 cm³/mol. The van der Waals surface area contributed by atoms with Crippen LogP contribution in [0.25, 0.3) is 11.3 Å². The average molecular weight is 311 g/mol. The Kier molecular flexibility index (Phi) is 3.34. The zero-order chi connectivity index (χ0) is 13.4. The first kappa shape index (κ1) is 13.0. The van der Waals surface area contributed by atoms with Crippen molar-refractivity contribution in [1.82, 2.24) is 5.16 Å². The second-order valence-electron chi connectivity index (χ2n) is 4.57. The van der Waals surface area contributed by atoms with Gasteiger partial charge in [0.05, 0.1) is 0 Å². The fraction of sp³-hybridized carbons (Fsp3) is 0.308. The van der Waals surface area contributed by atoms with Gasteiger partial charge in [-0.05, 0) is 30.0 Å². The molecule has 1 heterocycles. The number of phenols is 1. The monoisotopic (exact) mass is 310 g/mol. The van der Waals surface area contributed by atoms with Gasteiger partial charge in [0.25, 0.3) is 0 Å². The number of aromatic hydroxyl groups is 1. The number of nitrogen functional groups attached to an aromatic ring is 1. The normalized spacial score (nSPS) is 11.2. The van der Waals surface area contributed by atoms with Gasteiger partial charge >= 0.3 is 0 Å². The molecular weight excluding hydrogens is 296 g/mol. The molecule has 3 N–H and O–H groups in total. The highest BCUT2D eigenvalue weighted by Gasteiger charge is 2.19. The van der Waals surface area contributed by atoms with E-state index in [0.717, 1.165) is 15.6 Å². The van der Waals surface area contributed by atoms with E-state index in [2.05, 4.69) is 21.1 Å². The van der Waals surface area contributed by atoms with E-state index in [0.29, 0.717) is 11.3 Å². The summed E-state index contributed by atoms with van der Waals surface area (Å²) in [5.74, 6) is 0.679. The van der Waals surface area contributed by atoms with E-state index in [1.807, 2.05) is 26.8 Å². The number of hydrogen-bond donors (Lipinski definition) is 2. The van der Waals surface area contributed by atoms with Crippen molar-refractivity contribution >= 4 is 21.8 Å². The van der Waals surface area contributed by atoms with Gasteiger partial charge in [-0.2, -0.15) is 0 Å². The molecule has 0 aliphatic heterocycles. The first-order chi connectivity index (χ1) is 8.41. The lowest BCUT2D eigenvalue weighted by molar-refractivity contribution is 0.436. The van der Waals surface area contributed by atoms with Gasteiger partial charge in [0.15, 0.2) is 0 Å². The molecule has 0 bridgehead atoms. The number of nitrogens with zero attached hydrogens (tertiary/aromatic N) is 1. The third-order valence-electron chi connectivity index (χ3n) is 2.93. The van der Waals surface area contributed by atoms with Crippen molar-refractivity contribution < 1.29 is 9.63 Å². The molecule has 2 rings (SSSR count). The van der Waals surface area contributed by atoms with Gasteiger partial charge in [-0.25, -0.2) is 0 Å². The fourth-order valence-corrected chi connectivity index (χ4v) is 2.36. The Labute approximate surface area is 114 Å². The molecule has 5 heteroatoms. The molecule has 0 aliphatic rings. The topological polar surface area (TPSA) is 72.3 Å². The summed E-state index contributed by atoms with van der Waals surface area (Å²) in [5.41, 5.74) is 8.51. The molecular formula is C13H15BrN2O2. The zero-order valence-electron chi connectivity index (χ0n) is 10.5. The second kappa shape index (κ2) is 4.65. The van der Waals surface area contributed by atoms with Crippen LogP contribution in [0.15, 0.2) is 21.1 Å². The van der Waals surface area contributed by atoms with Crippen LogP contribution < -0.4 is 5.73 Å². The van der Waals surface area contributed by atoms with E-state index in [-0.39, 0.29) is 17.6 Å². The SMILES string of the molecule is Cc1c(Br)cc(C(C)C)c(O)c1-c1cc(N)on1. The number of halogens is 1. The van der Waals surface area contributed by atoms with Crippen molar-refractivity contribution in [3.8, 4) is 17.0 Å². The summed E-state index contributed by atoms with van der Waals surface area (Å²) in [6.07, 6.45) is 0. The molecule has 0 fully saturated rings. The van der Waals surface area contributed by atoms with Gasteiger partial charge in [0.1, 0.15) is 11.4 Å². The maximum atomic E-state index is 10.4. The van der Waals surface area contributed by atoms with Crippen molar-refractivity contribution in [1.29, 1.82) is 0 Å². The standard InChI is InChI=1S/C13H15BrN2O2/c1-6(2)8-4-9(14)7(3)12(13(8)17)10-5-11(15)18-16-10/h4-6,17H,15H2,1-3H3. The van der Waals surface area contributed by atoms with Gasteiger partial charge in [-0.15, -0.1) is 0 Å². The van der Waals surface area contributed by atoms with E-state index in [4.69, 9.17) is 10.3 Å². The number of hydrogen-bond acceptors (Lipinski definition) is 4. The van der Waals surface area contributed by atoms with E-state index in [9.17, 15) is 5.11 Å². The summed E-state index contributed by atoms with van der Waals surface area (Å²) >= 11 is 3.50. The Bertz CT molecular complexity index is 591. The van der Waals surface area contributed by atoms with Crippen LogP contribution in [0, 0.1) is 6.92 Å². The summed E-state index contributed by atoms with van der Waals surface area (Å²) < 4.78 is 5.80. The molecule has 0 saturated carbocycles. The number of nitrogens with two attached hydrogens (primary N) is 1. The molecule has 0 saturated heterocycles. The molecule has 1 aromatic heterocycles. The maximum absolute atomic E-state index is 10.4. The molecule has 0 amide bonds. The van der Waals surface area contributed by atoms with Gasteiger partial charge in [-0.3, -0.25) is 0 Å². The lowest BCUT2D eigenvalue weighted by Crippen LogP contribution is -1.95. The highest BCUT2D eigenvalue weighted by molar-refractivity contribution is 9.10. The minimum atomic E-state index is 0.213. The molecule has 0 radical (unpaired) electrons. The van der Waals surface area contributed by atoms with Crippen molar-refractivity contribution in [2.24, 2.45) is 0 Å². The Balaban J connectivity index is 2.73. The number of benzene rings is 1. The molecule has 96 valence electrons. The molecule has 0 spiro atoms. The van der Waals surface area contributed by atoms with E-state index in [1.54, 1.807) is 6.07 Å². The largest absolute Gasteiger partial charge is 0.507 e. The predicted octanol–water partition coefficient (Wildman–Crippen LogP) is 3.82. The molecule has 18 heavy (non-hydrogen) atoms. The summed E-state index contributed by atoms with van der Waals surface area (Å²) in [4.78, 5) is 0. The van der Waals surface area contributed by atoms with Crippen LogP contribution in [0.2, 0.25) is 0 Å². The third kappa shape index (κ3) is 2.10. The van der Waals surface area contributed by atoms with Crippen molar-refractivity contribution in [3.63, 3.8) is 0 Å². The highest BCUT2D eigenvalue weighted by Crippen LogP contribution is 2.41. The lowest BCUT2D eigenvalue weighted by Gasteiger charge is -2.15. The molecule has 0 unspecified atom stereocenters. The summed E-state index contributed by atoms with van der Waals surface area (Å²) in [6.45, 7) is 5.96. The lowest BCUT2D eigenvalue weighted by atomic mass is 9.94. The van der Waals surface area contributed by atoms with E-state index in [1.165, 1.54) is 0 Å². The Morgan fingerprint density at radius 3 is 2.56 bits per heavy atom. The summed E-state index contributed by atoms with van der Waals surface area (Å²) in [6, 6.07) is 3.54. The maximum Gasteiger partial charge on any atom is 0.222 e. The van der Waals surface area contributed by atoms with Gasteiger partial charge in [0.2, 0.25) is 5.88 Å². The van der Waals surface area contributed by atoms with Crippen LogP contribution in [0.5, 0.6) is 5.75 Å². The highest BCUT2D eigenvalue weighted by atomic mass is 79.9. The first-order valence-corrected chi connectivity index (χ1v) is 6.45. The van der Waals surface area contributed by atoms with Crippen LogP contribution in [-0.2, 0) is 0 Å². The minimum absolute atomic E-state index is 0.213. The van der Waals surface area contributed by atoms with Crippen molar-refractivity contribution in [3.05, 3.63) is 27.7 Å². The number of phenolic OH excluding ortho intramolecular Hbond substituents is 1. The molecule has 2 aromatic rings. The van der Waals surface area contributed by atoms with Crippen LogP contribution in [0.4, 0.5) is 5.88 Å². The Morgan fingerprint density at radius 2 is 2.06 bits per heavy atom. The summed E-state index contributed by atoms with van der Waals surface area (Å²) in [5, 5.41) is 14.3. The zero-order valence-corrected chi connectivity index (χ0v) is 12.1. The number of rotatable bonds is 2. The third-order valence-corrected chi connectivity index (χ3v) is 3.76. The smallest absolute Gasteiger partial charge is 0.222 e. The van der Waals surface area contributed by atoms with Crippen LogP contribution in [0.1, 0.15) is 30.9 Å². The minimum Gasteiger partial charge on any atom is -0.507 e. The Hall–Kier alpha value is -1.49. The Morgan fingerprint density at radius 1 is 1.39 bits per heavy atom. The first-order valence-electron chi connectivity index (χ1n) is 5.66. The van der Waals surface area contributed by atoms with E-state index < -0.39 is 0 Å². The van der Waals surface area contributed by atoms with Crippen molar-refractivity contribution in [2.75, 3.05) is 5.73 Å². The van der Waals surface area contributed by atoms with E-state index >= 15 is 0 Å². The quantitative estimate of drug-likeness (QED) is 0.884. The van der Waals surface area contributed by atoms with Gasteiger partial charge in [-0.1, -0.05) is 34.9 Å². The van der Waals surface area contributed by atoms with Gasteiger partial charge < -0.3 is 15.4 Å². The number of aromatic nitrogens is 1. The average Bonchev–Trinajstić information content (AvgIpc) is 2.70. The molecule has 0 atom stereocenters. The number of anilines is 1. The van der Waals surface area contributed by atoms with Crippen LogP contribution >= 0.6 is 15.9 Å². The fourth-order valence-electron chi connectivity index (χ4n) is 1.92. The molecule has 4 nitrogen and oxygen atoms in total. The molecule has 0 aliphatic carbocycles. The van der Waals surface area contributed by atoms with Crippen LogP contribution in [-0.4, -0.2) is 10.3 Å². The van der Waals surface area contributed by atoms with Gasteiger partial charge in [0, 0.05) is 16.1 Å². The molecule has 1 aromatic carbocycles.